The number of rotatable bonds is 2. The van der Waals surface area contributed by atoms with Crippen LogP contribution in [0.5, 0.6) is 0 Å². The summed E-state index contributed by atoms with van der Waals surface area (Å²) in [6, 6.07) is 7.21. The zero-order chi connectivity index (χ0) is 11.7. The van der Waals surface area contributed by atoms with E-state index in [1.165, 1.54) is 24.3 Å². The summed E-state index contributed by atoms with van der Waals surface area (Å²) < 4.78 is 33.8. The number of hydrogen-bond donors (Lipinski definition) is 1. The molecule has 0 radical (unpaired) electrons. The van der Waals surface area contributed by atoms with Crippen molar-refractivity contribution in [3.05, 3.63) is 35.9 Å². The molecule has 1 aromatic carbocycles. The second-order valence-corrected chi connectivity index (χ2v) is 4.32. The molecule has 0 aliphatic carbocycles. The zero-order valence-electron chi connectivity index (χ0n) is 7.30. The standard InChI is InChI=1S/C9H7Cl2F3O/c10-8(11,9(12,13)14)7(15)6-4-2-1-3-5-6/h1-5,7,15H. The summed E-state index contributed by atoms with van der Waals surface area (Å²) >= 11 is 10.2. The van der Waals surface area contributed by atoms with E-state index in [0.717, 1.165) is 0 Å². The molecule has 0 saturated carbocycles. The van der Waals surface area contributed by atoms with E-state index < -0.39 is 16.6 Å². The molecule has 0 saturated heterocycles. The van der Waals surface area contributed by atoms with Crippen molar-refractivity contribution in [1.29, 1.82) is 0 Å². The third-order valence-corrected chi connectivity index (χ3v) is 2.68. The van der Waals surface area contributed by atoms with Gasteiger partial charge in [-0.3, -0.25) is 0 Å². The smallest absolute Gasteiger partial charge is 0.385 e. The van der Waals surface area contributed by atoms with Crippen molar-refractivity contribution >= 4 is 23.2 Å². The summed E-state index contributed by atoms with van der Waals surface area (Å²) in [6.07, 6.45) is -6.91. The molecule has 0 spiro atoms. The number of hydrogen-bond acceptors (Lipinski definition) is 1. The van der Waals surface area contributed by atoms with Crippen LogP contribution in [0.2, 0.25) is 0 Å². The first kappa shape index (κ1) is 12.6. The Morgan fingerprint density at radius 2 is 1.53 bits per heavy atom. The Hall–Kier alpha value is -0.450. The monoisotopic (exact) mass is 258 g/mol. The Morgan fingerprint density at radius 1 is 1.07 bits per heavy atom. The number of aliphatic hydroxyl groups is 1. The topological polar surface area (TPSA) is 20.2 Å². The molecule has 1 unspecified atom stereocenters. The molecule has 0 bridgehead atoms. The normalized spacial score (nSPS) is 15.1. The Morgan fingerprint density at radius 3 is 1.93 bits per heavy atom. The molecule has 1 aromatic rings. The van der Waals surface area contributed by atoms with E-state index in [4.69, 9.17) is 23.2 Å². The van der Waals surface area contributed by atoms with Crippen LogP contribution in [0.15, 0.2) is 30.3 Å². The summed E-state index contributed by atoms with van der Waals surface area (Å²) in [5.41, 5.74) is 0.0137. The highest BCUT2D eigenvalue weighted by Gasteiger charge is 2.57. The van der Waals surface area contributed by atoms with Gasteiger partial charge in [-0.1, -0.05) is 53.5 Å². The van der Waals surface area contributed by atoms with Crippen molar-refractivity contribution < 1.29 is 18.3 Å². The molecule has 84 valence electrons. The predicted octanol–water partition coefficient (Wildman–Crippen LogP) is 3.46. The number of alkyl halides is 5. The quantitative estimate of drug-likeness (QED) is 0.806. The molecule has 1 N–H and O–H groups in total. The lowest BCUT2D eigenvalue weighted by Gasteiger charge is -2.28. The maximum Gasteiger partial charge on any atom is 0.424 e. The first-order valence-electron chi connectivity index (χ1n) is 3.94. The van der Waals surface area contributed by atoms with Gasteiger partial charge in [0.2, 0.25) is 4.33 Å². The lowest BCUT2D eigenvalue weighted by atomic mass is 10.1. The number of halogens is 5. The Bertz CT molecular complexity index is 324. The van der Waals surface area contributed by atoms with Gasteiger partial charge in [0.25, 0.3) is 0 Å². The fraction of sp³-hybridized carbons (Fsp3) is 0.333. The van der Waals surface area contributed by atoms with Crippen LogP contribution in [0, 0.1) is 0 Å². The van der Waals surface area contributed by atoms with Gasteiger partial charge in [0, 0.05) is 0 Å². The molecule has 0 aromatic heterocycles. The molecule has 0 aliphatic rings. The minimum atomic E-state index is -4.90. The van der Waals surface area contributed by atoms with Gasteiger partial charge in [0.15, 0.2) is 0 Å². The van der Waals surface area contributed by atoms with Gasteiger partial charge < -0.3 is 5.11 Å². The Labute approximate surface area is 94.4 Å². The van der Waals surface area contributed by atoms with E-state index in [9.17, 15) is 18.3 Å². The average Bonchev–Trinajstić information content (AvgIpc) is 2.16. The molecule has 6 heteroatoms. The Balaban J connectivity index is 3.00. The molecule has 1 atom stereocenters. The summed E-state index contributed by atoms with van der Waals surface area (Å²) in [5.74, 6) is 0. The highest BCUT2D eigenvalue weighted by molar-refractivity contribution is 6.49. The van der Waals surface area contributed by atoms with Crippen molar-refractivity contribution in [1.82, 2.24) is 0 Å². The van der Waals surface area contributed by atoms with E-state index >= 15 is 0 Å². The van der Waals surface area contributed by atoms with Crippen LogP contribution in [0.1, 0.15) is 11.7 Å². The van der Waals surface area contributed by atoms with Crippen LogP contribution in [-0.4, -0.2) is 15.6 Å². The van der Waals surface area contributed by atoms with Crippen LogP contribution < -0.4 is 0 Å². The molecule has 0 fully saturated rings. The maximum atomic E-state index is 12.3. The highest BCUT2D eigenvalue weighted by atomic mass is 35.5. The van der Waals surface area contributed by atoms with Crippen LogP contribution in [0.25, 0.3) is 0 Å². The number of aliphatic hydroxyl groups excluding tert-OH is 1. The van der Waals surface area contributed by atoms with Gasteiger partial charge in [0.05, 0.1) is 0 Å². The molecule has 15 heavy (non-hydrogen) atoms. The van der Waals surface area contributed by atoms with Crippen LogP contribution in [-0.2, 0) is 0 Å². The third-order valence-electron chi connectivity index (χ3n) is 1.84. The predicted molar refractivity (Wildman–Crippen MR) is 51.9 cm³/mol. The molecule has 1 rings (SSSR count). The van der Waals surface area contributed by atoms with E-state index in [1.54, 1.807) is 6.07 Å². The molecule has 1 nitrogen and oxygen atoms in total. The van der Waals surface area contributed by atoms with Crippen molar-refractivity contribution in [2.75, 3.05) is 0 Å². The molecule has 0 amide bonds. The third kappa shape index (κ3) is 2.56. The van der Waals surface area contributed by atoms with Gasteiger partial charge in [-0.25, -0.2) is 0 Å². The second kappa shape index (κ2) is 4.20. The zero-order valence-corrected chi connectivity index (χ0v) is 8.81. The number of benzene rings is 1. The van der Waals surface area contributed by atoms with Crippen molar-refractivity contribution in [2.24, 2.45) is 0 Å². The fourth-order valence-electron chi connectivity index (χ4n) is 1.000. The lowest BCUT2D eigenvalue weighted by Crippen LogP contribution is -2.40. The molecular weight excluding hydrogens is 252 g/mol. The summed E-state index contributed by atoms with van der Waals surface area (Å²) in [7, 11) is 0. The lowest BCUT2D eigenvalue weighted by molar-refractivity contribution is -0.162. The van der Waals surface area contributed by atoms with Gasteiger partial charge in [-0.2, -0.15) is 13.2 Å². The second-order valence-electron chi connectivity index (χ2n) is 2.93. The molecule has 0 aliphatic heterocycles. The highest BCUT2D eigenvalue weighted by Crippen LogP contribution is 2.48. The van der Waals surface area contributed by atoms with Crippen molar-refractivity contribution in [2.45, 2.75) is 16.6 Å². The molecular formula is C9H7Cl2F3O. The largest absolute Gasteiger partial charge is 0.424 e. The van der Waals surface area contributed by atoms with Gasteiger partial charge in [0.1, 0.15) is 6.10 Å². The van der Waals surface area contributed by atoms with Crippen molar-refractivity contribution in [3.8, 4) is 0 Å². The van der Waals surface area contributed by atoms with Crippen molar-refractivity contribution in [3.63, 3.8) is 0 Å². The van der Waals surface area contributed by atoms with Gasteiger partial charge >= 0.3 is 6.18 Å². The van der Waals surface area contributed by atoms with E-state index in [-0.39, 0.29) is 5.56 Å². The van der Waals surface area contributed by atoms with Crippen LogP contribution in [0.3, 0.4) is 0 Å². The van der Waals surface area contributed by atoms with E-state index in [0.29, 0.717) is 0 Å². The minimum absolute atomic E-state index is 0.0137. The minimum Gasteiger partial charge on any atom is -0.385 e. The first-order chi connectivity index (χ1) is 6.77. The summed E-state index contributed by atoms with van der Waals surface area (Å²) in [6.45, 7) is 0. The first-order valence-corrected chi connectivity index (χ1v) is 4.70. The van der Waals surface area contributed by atoms with Gasteiger partial charge in [-0.05, 0) is 5.56 Å². The SMILES string of the molecule is OC(c1ccccc1)C(Cl)(Cl)C(F)(F)F. The van der Waals surface area contributed by atoms with Crippen LogP contribution >= 0.6 is 23.2 Å². The maximum absolute atomic E-state index is 12.3. The fourth-order valence-corrected chi connectivity index (χ4v) is 1.25. The molecule has 0 heterocycles. The van der Waals surface area contributed by atoms with E-state index in [2.05, 4.69) is 0 Å². The van der Waals surface area contributed by atoms with Crippen LogP contribution in [0.4, 0.5) is 13.2 Å². The van der Waals surface area contributed by atoms with E-state index in [1.807, 2.05) is 0 Å². The summed E-state index contributed by atoms with van der Waals surface area (Å²) in [5, 5.41) is 9.40. The summed E-state index contributed by atoms with van der Waals surface area (Å²) in [4.78, 5) is 0. The Kier molecular flexibility index (Phi) is 3.53. The average molecular weight is 259 g/mol. The van der Waals surface area contributed by atoms with Gasteiger partial charge in [-0.15, -0.1) is 0 Å².